The van der Waals surface area contributed by atoms with Crippen LogP contribution < -0.4 is 0 Å². The van der Waals surface area contributed by atoms with Crippen molar-refractivity contribution in [1.29, 1.82) is 0 Å². The first-order chi connectivity index (χ1) is 9.74. The molecule has 0 saturated carbocycles. The van der Waals surface area contributed by atoms with E-state index in [0.29, 0.717) is 0 Å². The molecule has 0 fully saturated rings. The van der Waals surface area contributed by atoms with Gasteiger partial charge in [0.1, 0.15) is 0 Å². The molecule has 0 saturated heterocycles. The standard InChI is InChI=1S/C20H16/c1-13-7-9-17-15-5-3-4-6-16(15)19-11-14(2)8-10-18(19)20(17)12-13/h3-12H,1-2H3. The van der Waals surface area contributed by atoms with Crippen molar-refractivity contribution < 1.29 is 0 Å². The molecule has 0 aliphatic rings. The fourth-order valence-electron chi connectivity index (χ4n) is 3.18. The summed E-state index contributed by atoms with van der Waals surface area (Å²) in [7, 11) is 0. The summed E-state index contributed by atoms with van der Waals surface area (Å²) < 4.78 is 0. The maximum Gasteiger partial charge on any atom is -0.00963 e. The van der Waals surface area contributed by atoms with Crippen molar-refractivity contribution in [3.05, 3.63) is 71.8 Å². The number of benzene rings is 4. The predicted octanol–water partition coefficient (Wildman–Crippen LogP) is 5.76. The molecular formula is C20H16. The van der Waals surface area contributed by atoms with Crippen LogP contribution in [0.1, 0.15) is 11.1 Å². The number of rotatable bonds is 0. The van der Waals surface area contributed by atoms with Crippen molar-refractivity contribution in [3.8, 4) is 0 Å². The Labute approximate surface area is 118 Å². The second-order valence-corrected chi connectivity index (χ2v) is 5.64. The molecule has 0 aliphatic heterocycles. The number of fused-ring (bicyclic) bond motifs is 6. The highest BCUT2D eigenvalue weighted by Gasteiger charge is 2.08. The minimum Gasteiger partial charge on any atom is -0.0616 e. The van der Waals surface area contributed by atoms with E-state index < -0.39 is 0 Å². The van der Waals surface area contributed by atoms with Gasteiger partial charge in [0.05, 0.1) is 0 Å². The zero-order chi connectivity index (χ0) is 13.7. The first-order valence-electron chi connectivity index (χ1n) is 7.05. The molecule has 4 aromatic rings. The highest BCUT2D eigenvalue weighted by atomic mass is 14.1. The Bertz CT molecular complexity index is 923. The SMILES string of the molecule is Cc1ccc2c(c1)c1ccccc1c1ccc(C)cc12. The molecule has 0 nitrogen and oxygen atoms in total. The Morgan fingerprint density at radius 2 is 0.850 bits per heavy atom. The molecule has 4 aromatic carbocycles. The van der Waals surface area contributed by atoms with Gasteiger partial charge in [0.15, 0.2) is 0 Å². The summed E-state index contributed by atoms with van der Waals surface area (Å²) in [6.07, 6.45) is 0. The number of aryl methyl sites for hydroxylation is 2. The van der Waals surface area contributed by atoms with Crippen LogP contribution in [-0.2, 0) is 0 Å². The predicted molar refractivity (Wildman–Crippen MR) is 88.4 cm³/mol. The van der Waals surface area contributed by atoms with E-state index in [4.69, 9.17) is 0 Å². The third-order valence-corrected chi connectivity index (χ3v) is 4.15. The minimum atomic E-state index is 1.31. The fraction of sp³-hybridized carbons (Fsp3) is 0.100. The van der Waals surface area contributed by atoms with Crippen molar-refractivity contribution >= 4 is 32.3 Å². The van der Waals surface area contributed by atoms with Crippen molar-refractivity contribution in [2.75, 3.05) is 0 Å². The van der Waals surface area contributed by atoms with Gasteiger partial charge >= 0.3 is 0 Å². The molecule has 0 heterocycles. The summed E-state index contributed by atoms with van der Waals surface area (Å²) in [5.74, 6) is 0. The summed E-state index contributed by atoms with van der Waals surface area (Å²) in [6.45, 7) is 4.32. The van der Waals surface area contributed by atoms with Gasteiger partial charge in [-0.1, -0.05) is 71.8 Å². The van der Waals surface area contributed by atoms with Crippen LogP contribution in [-0.4, -0.2) is 0 Å². The van der Waals surface area contributed by atoms with Gasteiger partial charge in [-0.3, -0.25) is 0 Å². The smallest absolute Gasteiger partial charge is 0.00963 e. The lowest BCUT2D eigenvalue weighted by Crippen LogP contribution is -1.85. The van der Waals surface area contributed by atoms with Gasteiger partial charge in [0.25, 0.3) is 0 Å². The minimum absolute atomic E-state index is 1.31. The number of hydrogen-bond acceptors (Lipinski definition) is 0. The molecule has 0 heteroatoms. The van der Waals surface area contributed by atoms with E-state index in [0.717, 1.165) is 0 Å². The van der Waals surface area contributed by atoms with E-state index in [1.165, 1.54) is 43.4 Å². The molecule has 0 amide bonds. The molecule has 0 N–H and O–H groups in total. The van der Waals surface area contributed by atoms with Crippen molar-refractivity contribution in [2.45, 2.75) is 13.8 Å². The summed E-state index contributed by atoms with van der Waals surface area (Å²) in [4.78, 5) is 0. The summed E-state index contributed by atoms with van der Waals surface area (Å²) in [5, 5.41) is 8.12. The quantitative estimate of drug-likeness (QED) is 0.351. The van der Waals surface area contributed by atoms with Gasteiger partial charge in [-0.25, -0.2) is 0 Å². The second kappa shape index (κ2) is 4.08. The second-order valence-electron chi connectivity index (χ2n) is 5.64. The lowest BCUT2D eigenvalue weighted by Gasteiger charge is -2.11. The van der Waals surface area contributed by atoms with Crippen LogP contribution in [0.15, 0.2) is 60.7 Å². The van der Waals surface area contributed by atoms with Gasteiger partial charge in [-0.15, -0.1) is 0 Å². The van der Waals surface area contributed by atoms with Gasteiger partial charge in [-0.2, -0.15) is 0 Å². The van der Waals surface area contributed by atoms with Crippen molar-refractivity contribution in [1.82, 2.24) is 0 Å². The van der Waals surface area contributed by atoms with E-state index in [1.54, 1.807) is 0 Å². The highest BCUT2D eigenvalue weighted by Crippen LogP contribution is 2.35. The lowest BCUT2D eigenvalue weighted by atomic mass is 9.93. The summed E-state index contributed by atoms with van der Waals surface area (Å²) >= 11 is 0. The van der Waals surface area contributed by atoms with Crippen LogP contribution in [0.4, 0.5) is 0 Å². The third-order valence-electron chi connectivity index (χ3n) is 4.15. The molecule has 4 rings (SSSR count). The molecule has 0 spiro atoms. The molecule has 0 radical (unpaired) electrons. The average molecular weight is 256 g/mol. The molecular weight excluding hydrogens is 240 g/mol. The Morgan fingerprint density at radius 3 is 1.40 bits per heavy atom. The van der Waals surface area contributed by atoms with E-state index in [2.05, 4.69) is 74.5 Å². The van der Waals surface area contributed by atoms with Crippen LogP contribution in [0.2, 0.25) is 0 Å². The summed E-state index contributed by atoms with van der Waals surface area (Å²) in [6, 6.07) is 22.3. The van der Waals surface area contributed by atoms with Gasteiger partial charge < -0.3 is 0 Å². The maximum absolute atomic E-state index is 2.30. The summed E-state index contributed by atoms with van der Waals surface area (Å²) in [5.41, 5.74) is 2.63. The molecule has 96 valence electrons. The van der Waals surface area contributed by atoms with Crippen LogP contribution >= 0.6 is 0 Å². The number of hydrogen-bond donors (Lipinski definition) is 0. The largest absolute Gasteiger partial charge is 0.0616 e. The maximum atomic E-state index is 2.30. The van der Waals surface area contributed by atoms with Crippen molar-refractivity contribution in [2.24, 2.45) is 0 Å². The zero-order valence-corrected chi connectivity index (χ0v) is 11.8. The Balaban J connectivity index is 2.40. The third kappa shape index (κ3) is 1.55. The first-order valence-corrected chi connectivity index (χ1v) is 7.05. The Morgan fingerprint density at radius 1 is 0.450 bits per heavy atom. The molecule has 0 unspecified atom stereocenters. The molecule has 0 atom stereocenters. The molecule has 0 aromatic heterocycles. The molecule has 0 bridgehead atoms. The van der Waals surface area contributed by atoms with Gasteiger partial charge in [-0.05, 0) is 46.2 Å². The van der Waals surface area contributed by atoms with E-state index in [9.17, 15) is 0 Å². The first kappa shape index (κ1) is 11.5. The van der Waals surface area contributed by atoms with Gasteiger partial charge in [0, 0.05) is 0 Å². The van der Waals surface area contributed by atoms with Gasteiger partial charge in [0.2, 0.25) is 0 Å². The average Bonchev–Trinajstić information content (AvgIpc) is 2.47. The zero-order valence-electron chi connectivity index (χ0n) is 11.8. The molecule has 20 heavy (non-hydrogen) atoms. The Hall–Kier alpha value is -2.34. The van der Waals surface area contributed by atoms with Crippen LogP contribution in [0.25, 0.3) is 32.3 Å². The molecule has 0 aliphatic carbocycles. The monoisotopic (exact) mass is 256 g/mol. The van der Waals surface area contributed by atoms with E-state index in [1.807, 2.05) is 0 Å². The van der Waals surface area contributed by atoms with Crippen LogP contribution in [0.3, 0.4) is 0 Å². The highest BCUT2D eigenvalue weighted by molar-refractivity contribution is 6.25. The normalized spacial score (nSPS) is 11.5. The topological polar surface area (TPSA) is 0 Å². The van der Waals surface area contributed by atoms with Crippen LogP contribution in [0.5, 0.6) is 0 Å². The van der Waals surface area contributed by atoms with E-state index in [-0.39, 0.29) is 0 Å². The fourth-order valence-corrected chi connectivity index (χ4v) is 3.18. The lowest BCUT2D eigenvalue weighted by molar-refractivity contribution is 1.50. The van der Waals surface area contributed by atoms with Crippen LogP contribution in [0, 0.1) is 13.8 Å². The Kier molecular flexibility index (Phi) is 2.34. The van der Waals surface area contributed by atoms with Crippen molar-refractivity contribution in [3.63, 3.8) is 0 Å². The van der Waals surface area contributed by atoms with E-state index >= 15 is 0 Å².